The zero-order valence-electron chi connectivity index (χ0n) is 21.5. The van der Waals surface area contributed by atoms with Gasteiger partial charge in [0.1, 0.15) is 0 Å². The molecule has 0 aliphatic carbocycles. The predicted molar refractivity (Wildman–Crippen MR) is 155 cm³/mol. The fourth-order valence-corrected chi connectivity index (χ4v) is 4.72. The smallest absolute Gasteiger partial charge is 0.0770 e. The minimum absolute atomic E-state index is 0. The Morgan fingerprint density at radius 1 is 0.667 bits per heavy atom. The van der Waals surface area contributed by atoms with Crippen molar-refractivity contribution in [2.24, 2.45) is 0 Å². The first kappa shape index (κ1) is 26.3. The number of aromatic nitrogens is 4. The van der Waals surface area contributed by atoms with Crippen LogP contribution in [0.4, 0.5) is 0 Å². The molecule has 4 aromatic carbocycles. The van der Waals surface area contributed by atoms with E-state index in [1.54, 1.807) is 18.5 Å². The van der Waals surface area contributed by atoms with Crippen LogP contribution in [-0.2, 0) is 20.1 Å². The van der Waals surface area contributed by atoms with Crippen molar-refractivity contribution in [2.75, 3.05) is 0 Å². The first-order chi connectivity index (χ1) is 18.7. The standard InChI is InChI=1S/C17H10N3.C17H14N.Ir/c1-2-6-14-12(4-1)7-8-16-15(14)11-19-17(20-16)13-5-3-9-18-10-13;1-12-9-13(2)11-15(10-12)17-16-6-4-3-5-14(16)7-8-18-17;/h1-4,6-11H;3-10H,1-2H3;/q2*-1;. The summed E-state index contributed by atoms with van der Waals surface area (Å²) >= 11 is 0. The van der Waals surface area contributed by atoms with Gasteiger partial charge in [0.15, 0.2) is 0 Å². The number of benzene rings is 4. The second-order valence-electron chi connectivity index (χ2n) is 9.20. The van der Waals surface area contributed by atoms with E-state index in [4.69, 9.17) is 0 Å². The van der Waals surface area contributed by atoms with Crippen LogP contribution in [-0.4, -0.2) is 19.9 Å². The molecule has 0 aliphatic heterocycles. The summed E-state index contributed by atoms with van der Waals surface area (Å²) < 4.78 is 0. The van der Waals surface area contributed by atoms with Gasteiger partial charge < -0.3 is 9.97 Å². The summed E-state index contributed by atoms with van der Waals surface area (Å²) in [4.78, 5) is 17.7. The van der Waals surface area contributed by atoms with Gasteiger partial charge >= 0.3 is 0 Å². The molecule has 0 saturated heterocycles. The van der Waals surface area contributed by atoms with E-state index in [9.17, 15) is 0 Å². The second-order valence-corrected chi connectivity index (χ2v) is 9.20. The summed E-state index contributed by atoms with van der Waals surface area (Å²) in [7, 11) is 0. The number of hydrogen-bond acceptors (Lipinski definition) is 4. The Balaban J connectivity index is 0.000000155. The predicted octanol–water partition coefficient (Wildman–Crippen LogP) is 7.96. The summed E-state index contributed by atoms with van der Waals surface area (Å²) in [5, 5.41) is 5.84. The molecule has 0 saturated carbocycles. The maximum absolute atomic E-state index is 4.61. The molecular weight excluding hydrogens is 657 g/mol. The van der Waals surface area contributed by atoms with Crippen molar-refractivity contribution in [1.82, 2.24) is 19.9 Å². The number of aryl methyl sites for hydroxylation is 2. The average Bonchev–Trinajstić information content (AvgIpc) is 2.97. The molecule has 1 radical (unpaired) electrons. The monoisotopic (exact) mass is 681 g/mol. The number of nitrogens with zero attached hydrogens (tertiary/aromatic N) is 4. The SMILES string of the molecule is Cc1[c-]c(-c2nccc3ccccc23)cc(C)c1.[Ir].[c-]1ccncc1-c1ncc2c(ccc3ccccc32)n1. The van der Waals surface area contributed by atoms with Gasteiger partial charge in [-0.1, -0.05) is 86.4 Å². The third kappa shape index (κ3) is 5.61. The van der Waals surface area contributed by atoms with E-state index in [1.165, 1.54) is 27.1 Å². The Hall–Kier alpha value is -4.31. The maximum atomic E-state index is 4.61. The van der Waals surface area contributed by atoms with Crippen molar-refractivity contribution in [3.8, 4) is 22.6 Å². The first-order valence-electron chi connectivity index (χ1n) is 12.5. The molecule has 39 heavy (non-hydrogen) atoms. The average molecular weight is 681 g/mol. The molecule has 0 amide bonds. The zero-order valence-corrected chi connectivity index (χ0v) is 23.9. The van der Waals surface area contributed by atoms with Crippen LogP contribution in [0.3, 0.4) is 0 Å². The molecule has 0 atom stereocenters. The number of pyridine rings is 2. The van der Waals surface area contributed by atoms with Crippen molar-refractivity contribution in [1.29, 1.82) is 0 Å². The van der Waals surface area contributed by atoms with Crippen LogP contribution >= 0.6 is 0 Å². The van der Waals surface area contributed by atoms with Crippen LogP contribution in [0.15, 0.2) is 110 Å². The molecule has 3 heterocycles. The quantitative estimate of drug-likeness (QED) is 0.137. The summed E-state index contributed by atoms with van der Waals surface area (Å²) in [6.45, 7) is 4.18. The molecule has 7 aromatic rings. The van der Waals surface area contributed by atoms with Crippen molar-refractivity contribution < 1.29 is 20.1 Å². The molecule has 5 heteroatoms. The van der Waals surface area contributed by atoms with Crippen molar-refractivity contribution in [3.05, 3.63) is 133 Å². The van der Waals surface area contributed by atoms with Crippen molar-refractivity contribution >= 4 is 32.4 Å². The topological polar surface area (TPSA) is 51.6 Å². The summed E-state index contributed by atoms with van der Waals surface area (Å²) in [6.07, 6.45) is 7.16. The van der Waals surface area contributed by atoms with Crippen LogP contribution in [0.1, 0.15) is 11.1 Å². The van der Waals surface area contributed by atoms with Crippen LogP contribution in [0.2, 0.25) is 0 Å². The van der Waals surface area contributed by atoms with Gasteiger partial charge in [-0.3, -0.25) is 9.97 Å². The Kier molecular flexibility index (Phi) is 7.83. The molecule has 0 spiro atoms. The van der Waals surface area contributed by atoms with Gasteiger partial charge in [-0.25, -0.2) is 0 Å². The van der Waals surface area contributed by atoms with Gasteiger partial charge in [0.05, 0.1) is 11.3 Å². The van der Waals surface area contributed by atoms with Crippen LogP contribution in [0.25, 0.3) is 55.1 Å². The molecule has 191 valence electrons. The van der Waals surface area contributed by atoms with E-state index in [2.05, 4.69) is 101 Å². The van der Waals surface area contributed by atoms with Gasteiger partial charge in [-0.05, 0) is 39.4 Å². The molecule has 0 aliphatic rings. The van der Waals surface area contributed by atoms with E-state index in [0.29, 0.717) is 5.82 Å². The first-order valence-corrected chi connectivity index (χ1v) is 12.5. The third-order valence-corrected chi connectivity index (χ3v) is 6.41. The minimum atomic E-state index is 0. The van der Waals surface area contributed by atoms with E-state index in [1.807, 2.05) is 36.7 Å². The van der Waals surface area contributed by atoms with Gasteiger partial charge in [-0.15, -0.1) is 47.0 Å². The van der Waals surface area contributed by atoms with Gasteiger partial charge in [0, 0.05) is 37.9 Å². The fraction of sp³-hybridized carbons (Fsp3) is 0.0588. The Bertz CT molecular complexity index is 1880. The summed E-state index contributed by atoms with van der Waals surface area (Å²) in [5.74, 6) is 0.654. The Morgan fingerprint density at radius 3 is 2.21 bits per heavy atom. The normalized spacial score (nSPS) is 10.6. The molecular formula is C34H24IrN4-2. The van der Waals surface area contributed by atoms with Gasteiger partial charge in [0.2, 0.25) is 0 Å². The Labute approximate surface area is 241 Å². The third-order valence-electron chi connectivity index (χ3n) is 6.41. The largest absolute Gasteiger partial charge is 0.360 e. The van der Waals surface area contributed by atoms with Crippen LogP contribution < -0.4 is 0 Å². The van der Waals surface area contributed by atoms with Crippen molar-refractivity contribution in [2.45, 2.75) is 13.8 Å². The molecule has 0 N–H and O–H groups in total. The van der Waals surface area contributed by atoms with Crippen LogP contribution in [0, 0.1) is 26.0 Å². The molecule has 0 bridgehead atoms. The number of hydrogen-bond donors (Lipinski definition) is 0. The Morgan fingerprint density at radius 2 is 1.44 bits per heavy atom. The summed E-state index contributed by atoms with van der Waals surface area (Å²) in [6, 6.07) is 35.3. The van der Waals surface area contributed by atoms with Crippen molar-refractivity contribution in [3.63, 3.8) is 0 Å². The number of fused-ring (bicyclic) bond motifs is 4. The van der Waals surface area contributed by atoms with Gasteiger partial charge in [0.25, 0.3) is 0 Å². The van der Waals surface area contributed by atoms with Crippen LogP contribution in [0.5, 0.6) is 0 Å². The molecule has 4 nitrogen and oxygen atoms in total. The molecule has 0 unspecified atom stereocenters. The molecule has 7 rings (SSSR count). The number of rotatable bonds is 2. The van der Waals surface area contributed by atoms with E-state index >= 15 is 0 Å². The zero-order chi connectivity index (χ0) is 25.9. The maximum Gasteiger partial charge on any atom is 0.0770 e. The molecule has 3 aromatic heterocycles. The fourth-order valence-electron chi connectivity index (χ4n) is 4.72. The minimum Gasteiger partial charge on any atom is -0.360 e. The molecule has 0 fully saturated rings. The van der Waals surface area contributed by atoms with E-state index < -0.39 is 0 Å². The van der Waals surface area contributed by atoms with E-state index in [0.717, 1.165) is 33.3 Å². The van der Waals surface area contributed by atoms with Gasteiger partial charge in [-0.2, -0.15) is 0 Å². The summed E-state index contributed by atoms with van der Waals surface area (Å²) in [5.41, 5.74) is 6.23. The second kappa shape index (κ2) is 11.6. The van der Waals surface area contributed by atoms with E-state index in [-0.39, 0.29) is 20.1 Å².